The summed E-state index contributed by atoms with van der Waals surface area (Å²) < 4.78 is 73.3. The Morgan fingerprint density at radius 3 is 1.95 bits per heavy atom. The van der Waals surface area contributed by atoms with Crippen LogP contribution in [0.2, 0.25) is 0 Å². The molecule has 0 saturated carbocycles. The quantitative estimate of drug-likeness (QED) is 0.761. The van der Waals surface area contributed by atoms with Crippen LogP contribution in [0.1, 0.15) is 17.9 Å². The fourth-order valence-corrected chi connectivity index (χ4v) is 3.08. The van der Waals surface area contributed by atoms with Crippen molar-refractivity contribution in [1.82, 2.24) is 0 Å². The van der Waals surface area contributed by atoms with Crippen molar-refractivity contribution < 1.29 is 30.3 Å². The smallest absolute Gasteiger partial charge is 0.265 e. The molecule has 0 bridgehead atoms. The van der Waals surface area contributed by atoms with Crippen LogP contribution in [0.5, 0.6) is 0 Å². The molecule has 1 atom stereocenters. The van der Waals surface area contributed by atoms with E-state index in [1.165, 1.54) is 12.1 Å². The highest BCUT2D eigenvalue weighted by molar-refractivity contribution is 7.86. The molecule has 1 aromatic rings. The lowest BCUT2D eigenvalue weighted by Crippen LogP contribution is -2.17. The van der Waals surface area contributed by atoms with Gasteiger partial charge in [0.2, 0.25) is 0 Å². The summed E-state index contributed by atoms with van der Waals surface area (Å²) in [6, 6.07) is 4.80. The van der Waals surface area contributed by atoms with Crippen LogP contribution in [0.25, 0.3) is 0 Å². The monoisotopic (exact) mass is 312 g/mol. The van der Waals surface area contributed by atoms with Gasteiger partial charge in [-0.05, 0) is 24.1 Å². The predicted octanol–water partition coefficient (Wildman–Crippen LogP) is 1.07. The summed E-state index contributed by atoms with van der Waals surface area (Å²) in [7, 11) is -8.56. The Bertz CT molecular complexity index is 620. The molecule has 108 valence electrons. The second-order valence-electron chi connectivity index (χ2n) is 4.07. The molecule has 0 aliphatic rings. The summed E-state index contributed by atoms with van der Waals surface area (Å²) in [5.74, 6) is -2.72. The maximum Gasteiger partial charge on any atom is 0.265 e. The highest BCUT2D eigenvalue weighted by Crippen LogP contribution is 2.22. The van der Waals surface area contributed by atoms with E-state index in [1.807, 2.05) is 0 Å². The van der Waals surface area contributed by atoms with Crippen LogP contribution in [0, 0.1) is 5.82 Å². The third kappa shape index (κ3) is 6.62. The van der Waals surface area contributed by atoms with Crippen molar-refractivity contribution in [3.63, 3.8) is 0 Å². The lowest BCUT2D eigenvalue weighted by atomic mass is 9.98. The molecular formula is C10H13FO6S2. The van der Waals surface area contributed by atoms with E-state index in [0.717, 1.165) is 12.1 Å². The van der Waals surface area contributed by atoms with E-state index in [9.17, 15) is 21.2 Å². The fourth-order valence-electron chi connectivity index (χ4n) is 1.63. The van der Waals surface area contributed by atoms with Gasteiger partial charge >= 0.3 is 0 Å². The average molecular weight is 312 g/mol. The summed E-state index contributed by atoms with van der Waals surface area (Å²) >= 11 is 0. The summed E-state index contributed by atoms with van der Waals surface area (Å²) in [6.07, 6.45) is -0.204. The molecule has 0 aliphatic heterocycles. The maximum atomic E-state index is 12.8. The third-order valence-corrected chi connectivity index (χ3v) is 4.05. The molecule has 19 heavy (non-hydrogen) atoms. The zero-order chi connectivity index (χ0) is 14.7. The Morgan fingerprint density at radius 1 is 1.00 bits per heavy atom. The van der Waals surface area contributed by atoms with Gasteiger partial charge in [-0.2, -0.15) is 16.8 Å². The largest absolute Gasteiger partial charge is 0.286 e. The second-order valence-corrected chi connectivity index (χ2v) is 7.14. The molecular weight excluding hydrogens is 299 g/mol. The third-order valence-electron chi connectivity index (χ3n) is 2.48. The van der Waals surface area contributed by atoms with Crippen LogP contribution in [-0.2, 0) is 20.2 Å². The van der Waals surface area contributed by atoms with E-state index < -0.39 is 43.5 Å². The molecule has 0 aliphatic carbocycles. The van der Waals surface area contributed by atoms with Gasteiger partial charge in [-0.25, -0.2) is 4.39 Å². The van der Waals surface area contributed by atoms with Crippen LogP contribution < -0.4 is 0 Å². The molecule has 0 spiro atoms. The second kappa shape index (κ2) is 5.95. The molecule has 6 nitrogen and oxygen atoms in total. The van der Waals surface area contributed by atoms with E-state index in [2.05, 4.69) is 0 Å². The number of hydrogen-bond donors (Lipinski definition) is 2. The fraction of sp³-hybridized carbons (Fsp3) is 0.400. The van der Waals surface area contributed by atoms with E-state index in [1.54, 1.807) is 0 Å². The average Bonchev–Trinajstić information content (AvgIpc) is 2.23. The van der Waals surface area contributed by atoms with Crippen molar-refractivity contribution in [1.29, 1.82) is 0 Å². The van der Waals surface area contributed by atoms with Gasteiger partial charge in [0.25, 0.3) is 20.2 Å². The normalized spacial score (nSPS) is 14.3. The van der Waals surface area contributed by atoms with E-state index in [4.69, 9.17) is 9.11 Å². The number of hydrogen-bond acceptors (Lipinski definition) is 4. The van der Waals surface area contributed by atoms with E-state index >= 15 is 0 Å². The first kappa shape index (κ1) is 16.0. The first-order valence-electron chi connectivity index (χ1n) is 5.22. The van der Waals surface area contributed by atoms with Crippen molar-refractivity contribution in [2.24, 2.45) is 0 Å². The van der Waals surface area contributed by atoms with Crippen LogP contribution in [-0.4, -0.2) is 37.4 Å². The van der Waals surface area contributed by atoms with Gasteiger partial charge in [-0.15, -0.1) is 0 Å². The van der Waals surface area contributed by atoms with Crippen molar-refractivity contribution in [2.45, 2.75) is 12.3 Å². The lowest BCUT2D eigenvalue weighted by molar-refractivity contribution is 0.466. The van der Waals surface area contributed by atoms with Crippen molar-refractivity contribution in [3.8, 4) is 0 Å². The topological polar surface area (TPSA) is 109 Å². The van der Waals surface area contributed by atoms with Crippen molar-refractivity contribution >= 4 is 20.2 Å². The standard InChI is InChI=1S/C10H13FO6S2/c11-10-3-1-8(2-4-10)9(7-19(15,16)17)5-6-18(12,13)14/h1-4,9H,5-7H2,(H,12,13,14)(H,15,16,17)/t9-/m1/s1. The van der Waals surface area contributed by atoms with Gasteiger partial charge in [0.1, 0.15) is 5.82 Å². The highest BCUT2D eigenvalue weighted by atomic mass is 32.2. The van der Waals surface area contributed by atoms with Crippen molar-refractivity contribution in [2.75, 3.05) is 11.5 Å². The van der Waals surface area contributed by atoms with Gasteiger partial charge in [-0.3, -0.25) is 9.11 Å². The molecule has 0 amide bonds. The first-order valence-corrected chi connectivity index (χ1v) is 8.44. The minimum atomic E-state index is -4.32. The summed E-state index contributed by atoms with van der Waals surface area (Å²) in [6.45, 7) is 0. The van der Waals surface area contributed by atoms with Gasteiger partial charge in [0.15, 0.2) is 0 Å². The Hall–Kier alpha value is -1.03. The molecule has 0 unspecified atom stereocenters. The zero-order valence-electron chi connectivity index (χ0n) is 9.73. The summed E-state index contributed by atoms with van der Waals surface area (Å²) in [5, 5.41) is 0. The molecule has 0 heterocycles. The minimum absolute atomic E-state index is 0.204. The Kier molecular flexibility index (Phi) is 5.02. The predicted molar refractivity (Wildman–Crippen MR) is 66.6 cm³/mol. The number of benzene rings is 1. The number of rotatable bonds is 6. The summed E-state index contributed by atoms with van der Waals surface area (Å²) in [5.41, 5.74) is 0.364. The Labute approximate surface area is 110 Å². The van der Waals surface area contributed by atoms with Crippen LogP contribution >= 0.6 is 0 Å². The molecule has 1 rings (SSSR count). The lowest BCUT2D eigenvalue weighted by Gasteiger charge is -2.15. The summed E-state index contributed by atoms with van der Waals surface area (Å²) in [4.78, 5) is 0. The van der Waals surface area contributed by atoms with Gasteiger partial charge in [-0.1, -0.05) is 12.1 Å². The minimum Gasteiger partial charge on any atom is -0.286 e. The molecule has 9 heteroatoms. The number of halogens is 1. The molecule has 1 aromatic carbocycles. The van der Waals surface area contributed by atoms with Gasteiger partial charge < -0.3 is 0 Å². The molecule has 0 saturated heterocycles. The van der Waals surface area contributed by atoms with Gasteiger partial charge in [0, 0.05) is 5.92 Å². The Morgan fingerprint density at radius 2 is 1.53 bits per heavy atom. The zero-order valence-corrected chi connectivity index (χ0v) is 11.4. The molecule has 2 N–H and O–H groups in total. The molecule has 0 radical (unpaired) electrons. The Balaban J connectivity index is 2.95. The molecule has 0 aromatic heterocycles. The van der Waals surface area contributed by atoms with Crippen LogP contribution in [0.3, 0.4) is 0 Å². The van der Waals surface area contributed by atoms with E-state index in [0.29, 0.717) is 5.56 Å². The van der Waals surface area contributed by atoms with Crippen molar-refractivity contribution in [3.05, 3.63) is 35.6 Å². The SMILES string of the molecule is O=S(=O)(O)CC[C@H](CS(=O)(=O)O)c1ccc(F)cc1. The van der Waals surface area contributed by atoms with Gasteiger partial charge in [0.05, 0.1) is 11.5 Å². The highest BCUT2D eigenvalue weighted by Gasteiger charge is 2.21. The maximum absolute atomic E-state index is 12.8. The molecule has 0 fully saturated rings. The van der Waals surface area contributed by atoms with Crippen LogP contribution in [0.4, 0.5) is 4.39 Å². The van der Waals surface area contributed by atoms with Crippen LogP contribution in [0.15, 0.2) is 24.3 Å². The first-order chi connectivity index (χ1) is 8.57. The van der Waals surface area contributed by atoms with E-state index in [-0.39, 0.29) is 6.42 Å².